The molecule has 0 aromatic heterocycles. The van der Waals surface area contributed by atoms with Crippen molar-refractivity contribution in [2.75, 3.05) is 0 Å². The van der Waals surface area contributed by atoms with Crippen LogP contribution in [0.2, 0.25) is 15.8 Å². The normalized spacial score (nSPS) is 12.0. The molecule has 0 aliphatic heterocycles. The molecule has 0 nitrogen and oxygen atoms in total. The quantitative estimate of drug-likeness (QED) is 0.495. The number of hydrogen-bond donors (Lipinski definition) is 0. The van der Waals surface area contributed by atoms with Gasteiger partial charge in [-0.3, -0.25) is 0 Å². The van der Waals surface area contributed by atoms with Gasteiger partial charge in [0.05, 0.1) is 0 Å². The third-order valence-electron chi connectivity index (χ3n) is 2.94. The van der Waals surface area contributed by atoms with Gasteiger partial charge >= 0.3 is 92.3 Å². The van der Waals surface area contributed by atoms with Crippen LogP contribution >= 0.6 is 0 Å². The average molecular weight is 263 g/mol. The SMILES string of the molecule is CCC[CH2][Ge]([F])([CH2]CCC)[CH2]CCC. The molecule has 2 heteroatoms. The molecule has 0 radical (unpaired) electrons. The molecule has 0 atom stereocenters. The summed E-state index contributed by atoms with van der Waals surface area (Å²) in [5, 5.41) is 2.91. The minimum absolute atomic E-state index is 0.969. The van der Waals surface area contributed by atoms with Crippen LogP contribution in [0.4, 0.5) is 3.50 Å². The second-order valence-electron chi connectivity index (χ2n) is 4.46. The van der Waals surface area contributed by atoms with Crippen LogP contribution in [0.3, 0.4) is 0 Å². The molecule has 0 rings (SSSR count). The van der Waals surface area contributed by atoms with Gasteiger partial charge < -0.3 is 0 Å². The summed E-state index contributed by atoms with van der Waals surface area (Å²) in [4.78, 5) is 0. The van der Waals surface area contributed by atoms with Crippen LogP contribution in [0.25, 0.3) is 0 Å². The Kier molecular flexibility index (Phi) is 9.05. The van der Waals surface area contributed by atoms with Crippen molar-refractivity contribution in [3.05, 3.63) is 0 Å². The Morgan fingerprint density at radius 1 is 0.714 bits per heavy atom. The van der Waals surface area contributed by atoms with E-state index in [2.05, 4.69) is 20.8 Å². The Morgan fingerprint density at radius 2 is 1.00 bits per heavy atom. The third-order valence-corrected chi connectivity index (χ3v) is 10.8. The molecule has 0 aliphatic carbocycles. The third kappa shape index (κ3) is 6.86. The maximum absolute atomic E-state index is 14.5. The maximum atomic E-state index is 14.5. The van der Waals surface area contributed by atoms with Gasteiger partial charge in [-0.15, -0.1) is 0 Å². The van der Waals surface area contributed by atoms with E-state index in [1.165, 1.54) is 0 Å². The summed E-state index contributed by atoms with van der Waals surface area (Å²) in [5.41, 5.74) is 0. The summed E-state index contributed by atoms with van der Waals surface area (Å²) in [6.45, 7) is 6.51. The topological polar surface area (TPSA) is 0 Å². The van der Waals surface area contributed by atoms with Crippen LogP contribution in [-0.2, 0) is 0 Å². The van der Waals surface area contributed by atoms with Crippen molar-refractivity contribution in [2.45, 2.75) is 75.1 Å². The van der Waals surface area contributed by atoms with Crippen molar-refractivity contribution in [2.24, 2.45) is 0 Å². The van der Waals surface area contributed by atoms with Gasteiger partial charge in [0, 0.05) is 0 Å². The van der Waals surface area contributed by atoms with Crippen molar-refractivity contribution in [3.8, 4) is 0 Å². The van der Waals surface area contributed by atoms with Crippen LogP contribution in [0.1, 0.15) is 59.3 Å². The summed E-state index contributed by atoms with van der Waals surface area (Å²) in [6, 6.07) is 0. The standard InChI is InChI=1S/C12H27FGe/c1-4-7-10-14(13,11-8-5-2)12-9-6-3/h4-12H2,1-3H3. The minimum atomic E-state index is -2.83. The van der Waals surface area contributed by atoms with Gasteiger partial charge in [-0.25, -0.2) is 0 Å². The molecule has 0 aliphatic rings. The van der Waals surface area contributed by atoms with E-state index < -0.39 is 13.7 Å². The first-order valence-corrected chi connectivity index (χ1v) is 11.6. The Balaban J connectivity index is 3.89. The van der Waals surface area contributed by atoms with E-state index in [-0.39, 0.29) is 0 Å². The van der Waals surface area contributed by atoms with Gasteiger partial charge in [-0.2, -0.15) is 0 Å². The van der Waals surface area contributed by atoms with Gasteiger partial charge in [0.25, 0.3) is 0 Å². The molecule has 0 bridgehead atoms. The predicted molar refractivity (Wildman–Crippen MR) is 66.0 cm³/mol. The molecule has 14 heavy (non-hydrogen) atoms. The first-order valence-electron chi connectivity index (χ1n) is 6.37. The molecule has 0 saturated carbocycles. The van der Waals surface area contributed by atoms with Gasteiger partial charge in [-0.05, 0) is 0 Å². The van der Waals surface area contributed by atoms with E-state index in [0.29, 0.717) is 0 Å². The summed E-state index contributed by atoms with van der Waals surface area (Å²) in [7, 11) is 0. The van der Waals surface area contributed by atoms with E-state index in [1.807, 2.05) is 0 Å². The zero-order valence-electron chi connectivity index (χ0n) is 10.2. The Labute approximate surface area is 92.5 Å². The van der Waals surface area contributed by atoms with Crippen LogP contribution < -0.4 is 0 Å². The molecule has 0 aromatic rings. The fraction of sp³-hybridized carbons (Fsp3) is 1.00. The summed E-state index contributed by atoms with van der Waals surface area (Å²) < 4.78 is 14.5. The number of rotatable bonds is 9. The molecule has 0 fully saturated rings. The summed E-state index contributed by atoms with van der Waals surface area (Å²) in [6.07, 6.45) is 6.87. The fourth-order valence-electron chi connectivity index (χ4n) is 1.86. The Hall–Kier alpha value is 0.473. The zero-order valence-corrected chi connectivity index (χ0v) is 12.3. The van der Waals surface area contributed by atoms with Crippen molar-refractivity contribution < 1.29 is 3.50 Å². The van der Waals surface area contributed by atoms with Gasteiger partial charge in [0.15, 0.2) is 0 Å². The Morgan fingerprint density at radius 3 is 1.21 bits per heavy atom. The number of hydrogen-bond acceptors (Lipinski definition) is 0. The first kappa shape index (κ1) is 14.5. The van der Waals surface area contributed by atoms with Crippen LogP contribution in [0.5, 0.6) is 0 Å². The molecule has 0 amide bonds. The predicted octanol–water partition coefficient (Wildman–Crippen LogP) is 5.30. The second-order valence-corrected chi connectivity index (χ2v) is 12.4. The molecule has 0 aromatic carbocycles. The van der Waals surface area contributed by atoms with Crippen LogP contribution in [0, 0.1) is 0 Å². The molecule has 0 saturated heterocycles. The Bertz CT molecular complexity index is 104. The molecule has 0 unspecified atom stereocenters. The van der Waals surface area contributed by atoms with Crippen molar-refractivity contribution in [1.29, 1.82) is 0 Å². The van der Waals surface area contributed by atoms with E-state index in [1.54, 1.807) is 0 Å². The molecular formula is C12H27FGe. The monoisotopic (exact) mass is 264 g/mol. The number of unbranched alkanes of at least 4 members (excludes halogenated alkanes) is 3. The zero-order chi connectivity index (χ0) is 10.9. The van der Waals surface area contributed by atoms with Gasteiger partial charge in [-0.1, -0.05) is 0 Å². The second kappa shape index (κ2) is 8.75. The van der Waals surface area contributed by atoms with E-state index in [0.717, 1.165) is 54.3 Å². The van der Waals surface area contributed by atoms with Crippen molar-refractivity contribution in [1.82, 2.24) is 0 Å². The molecular weight excluding hydrogens is 236 g/mol. The van der Waals surface area contributed by atoms with Gasteiger partial charge in [0.2, 0.25) is 0 Å². The molecule has 0 heterocycles. The average Bonchev–Trinajstić information content (AvgIpc) is 2.21. The van der Waals surface area contributed by atoms with Crippen LogP contribution in [-0.4, -0.2) is 13.7 Å². The van der Waals surface area contributed by atoms with E-state index >= 15 is 0 Å². The van der Waals surface area contributed by atoms with E-state index in [9.17, 15) is 3.50 Å². The number of halogens is 1. The van der Waals surface area contributed by atoms with Crippen molar-refractivity contribution in [3.63, 3.8) is 0 Å². The molecule has 0 spiro atoms. The summed E-state index contributed by atoms with van der Waals surface area (Å²) in [5.74, 6) is 0. The molecule has 86 valence electrons. The molecule has 0 N–H and O–H groups in total. The summed E-state index contributed by atoms with van der Waals surface area (Å²) >= 11 is -2.83. The first-order chi connectivity index (χ1) is 6.68. The van der Waals surface area contributed by atoms with E-state index in [4.69, 9.17) is 0 Å². The van der Waals surface area contributed by atoms with Crippen LogP contribution in [0.15, 0.2) is 0 Å². The van der Waals surface area contributed by atoms with Gasteiger partial charge in [0.1, 0.15) is 0 Å². The fourth-order valence-corrected chi connectivity index (χ4v) is 9.64. The van der Waals surface area contributed by atoms with Crippen molar-refractivity contribution >= 4 is 13.7 Å².